The maximum absolute atomic E-state index is 5.80. The lowest BCUT2D eigenvalue weighted by atomic mass is 9.90. The van der Waals surface area contributed by atoms with Crippen LogP contribution >= 0.6 is 0 Å². The van der Waals surface area contributed by atoms with E-state index in [0.717, 1.165) is 17.9 Å². The maximum Gasteiger partial charge on any atom is 0.127 e. The zero-order valence-corrected chi connectivity index (χ0v) is 12.5. The fourth-order valence-corrected chi connectivity index (χ4v) is 2.41. The molecule has 0 radical (unpaired) electrons. The molecule has 0 heterocycles. The number of ether oxygens (including phenoxy) is 1. The molecule has 1 unspecified atom stereocenters. The molecule has 112 valence electrons. The van der Waals surface area contributed by atoms with Gasteiger partial charge in [0.05, 0.1) is 0 Å². The quantitative estimate of drug-likeness (QED) is 0.818. The van der Waals surface area contributed by atoms with Crippen molar-refractivity contribution >= 4 is 0 Å². The van der Waals surface area contributed by atoms with Crippen molar-refractivity contribution in [3.8, 4) is 11.5 Å². The second kappa shape index (κ2) is 7.81. The van der Waals surface area contributed by atoms with Gasteiger partial charge in [-0.1, -0.05) is 37.3 Å². The lowest BCUT2D eigenvalue weighted by Crippen LogP contribution is -2.24. The first-order chi connectivity index (χ1) is 10.2. The second-order valence-electron chi connectivity index (χ2n) is 5.46. The van der Waals surface area contributed by atoms with Crippen molar-refractivity contribution in [3.05, 3.63) is 60.2 Å². The predicted molar refractivity (Wildman–Crippen MR) is 87.6 cm³/mol. The highest BCUT2D eigenvalue weighted by Crippen LogP contribution is 2.26. The lowest BCUT2D eigenvalue weighted by molar-refractivity contribution is 0.463. The molecule has 2 rings (SSSR count). The van der Waals surface area contributed by atoms with Gasteiger partial charge in [0.1, 0.15) is 11.5 Å². The highest BCUT2D eigenvalue weighted by molar-refractivity contribution is 5.33. The van der Waals surface area contributed by atoms with Crippen LogP contribution in [0.15, 0.2) is 54.6 Å². The molecule has 1 atom stereocenters. The Labute approximate surface area is 126 Å². The molecule has 0 aliphatic heterocycles. The van der Waals surface area contributed by atoms with Crippen LogP contribution in [-0.2, 0) is 0 Å². The zero-order valence-electron chi connectivity index (χ0n) is 12.5. The summed E-state index contributed by atoms with van der Waals surface area (Å²) in [5.74, 6) is 2.55. The molecule has 0 bridgehead atoms. The third kappa shape index (κ3) is 4.59. The van der Waals surface area contributed by atoms with Crippen molar-refractivity contribution in [3.63, 3.8) is 0 Å². The molecule has 0 aliphatic carbocycles. The molecule has 0 spiro atoms. The van der Waals surface area contributed by atoms with E-state index < -0.39 is 0 Å². The van der Waals surface area contributed by atoms with Crippen LogP contribution < -0.4 is 16.2 Å². The molecule has 21 heavy (non-hydrogen) atoms. The van der Waals surface area contributed by atoms with Gasteiger partial charge in [0.25, 0.3) is 0 Å². The summed E-state index contributed by atoms with van der Waals surface area (Å²) < 4.78 is 5.80. The number of hydrogen-bond donors (Lipinski definition) is 2. The number of rotatable bonds is 7. The molecule has 0 amide bonds. The third-order valence-corrected chi connectivity index (χ3v) is 3.78. The molecule has 2 aromatic rings. The van der Waals surface area contributed by atoms with Gasteiger partial charge < -0.3 is 16.2 Å². The van der Waals surface area contributed by atoms with Crippen molar-refractivity contribution in [1.82, 2.24) is 0 Å². The predicted octanol–water partition coefficient (Wildman–Crippen LogP) is 3.51. The number of para-hydroxylation sites is 1. The minimum Gasteiger partial charge on any atom is -0.457 e. The van der Waals surface area contributed by atoms with Gasteiger partial charge in [-0.2, -0.15) is 0 Å². The minimum absolute atomic E-state index is 0.389. The SMILES string of the molecule is CC(CC(CN)CN)c1ccc(Oc2ccccc2)cc1. The molecule has 0 saturated heterocycles. The minimum atomic E-state index is 0.389. The monoisotopic (exact) mass is 284 g/mol. The molecule has 4 N–H and O–H groups in total. The molecule has 3 heteroatoms. The Bertz CT molecular complexity index is 521. The molecule has 0 aliphatic rings. The third-order valence-electron chi connectivity index (χ3n) is 3.78. The van der Waals surface area contributed by atoms with E-state index in [2.05, 4.69) is 19.1 Å². The van der Waals surface area contributed by atoms with Crippen LogP contribution in [0.1, 0.15) is 24.8 Å². The van der Waals surface area contributed by atoms with E-state index in [1.807, 2.05) is 42.5 Å². The van der Waals surface area contributed by atoms with Crippen molar-refractivity contribution < 1.29 is 4.74 Å². The van der Waals surface area contributed by atoms with Crippen molar-refractivity contribution in [1.29, 1.82) is 0 Å². The molecule has 2 aromatic carbocycles. The van der Waals surface area contributed by atoms with E-state index in [9.17, 15) is 0 Å². The molecule has 3 nitrogen and oxygen atoms in total. The van der Waals surface area contributed by atoms with Gasteiger partial charge in [-0.3, -0.25) is 0 Å². The van der Waals surface area contributed by atoms with Crippen LogP contribution in [0.2, 0.25) is 0 Å². The Hall–Kier alpha value is -1.84. The topological polar surface area (TPSA) is 61.3 Å². The summed E-state index contributed by atoms with van der Waals surface area (Å²) in [5, 5.41) is 0. The van der Waals surface area contributed by atoms with Crippen molar-refractivity contribution in [2.24, 2.45) is 17.4 Å². The highest BCUT2D eigenvalue weighted by Gasteiger charge is 2.12. The zero-order chi connectivity index (χ0) is 15.1. The summed E-state index contributed by atoms with van der Waals surface area (Å²) in [6, 6.07) is 18.1. The maximum atomic E-state index is 5.80. The first-order valence-electron chi connectivity index (χ1n) is 7.46. The smallest absolute Gasteiger partial charge is 0.127 e. The van der Waals surface area contributed by atoms with Crippen LogP contribution in [0.4, 0.5) is 0 Å². The normalized spacial score (nSPS) is 12.4. The molecular weight excluding hydrogens is 260 g/mol. The second-order valence-corrected chi connectivity index (χ2v) is 5.46. The van der Waals surface area contributed by atoms with Gasteiger partial charge in [0.2, 0.25) is 0 Å². The Morgan fingerprint density at radius 3 is 2.00 bits per heavy atom. The number of hydrogen-bond acceptors (Lipinski definition) is 3. The highest BCUT2D eigenvalue weighted by atomic mass is 16.5. The fourth-order valence-electron chi connectivity index (χ4n) is 2.41. The van der Waals surface area contributed by atoms with Crippen LogP contribution in [-0.4, -0.2) is 13.1 Å². The van der Waals surface area contributed by atoms with Crippen molar-refractivity contribution in [2.45, 2.75) is 19.3 Å². The standard InChI is InChI=1S/C18H24N2O/c1-14(11-15(12-19)13-20)16-7-9-18(10-8-16)21-17-5-3-2-4-6-17/h2-10,14-15H,11-13,19-20H2,1H3. The molecule has 0 saturated carbocycles. The van der Waals surface area contributed by atoms with Gasteiger partial charge in [0.15, 0.2) is 0 Å². The van der Waals surface area contributed by atoms with E-state index in [0.29, 0.717) is 24.9 Å². The van der Waals surface area contributed by atoms with E-state index in [1.54, 1.807) is 0 Å². The Morgan fingerprint density at radius 1 is 0.857 bits per heavy atom. The average Bonchev–Trinajstić information content (AvgIpc) is 2.54. The van der Waals surface area contributed by atoms with Crippen LogP contribution in [0.25, 0.3) is 0 Å². The van der Waals surface area contributed by atoms with Gasteiger partial charge in [0, 0.05) is 0 Å². The van der Waals surface area contributed by atoms with Gasteiger partial charge in [-0.15, -0.1) is 0 Å². The van der Waals surface area contributed by atoms with E-state index in [-0.39, 0.29) is 0 Å². The molecular formula is C18H24N2O. The first-order valence-corrected chi connectivity index (χ1v) is 7.46. The Kier molecular flexibility index (Phi) is 5.78. The van der Waals surface area contributed by atoms with E-state index in [1.165, 1.54) is 5.56 Å². The van der Waals surface area contributed by atoms with Crippen molar-refractivity contribution in [2.75, 3.05) is 13.1 Å². The largest absolute Gasteiger partial charge is 0.457 e. The lowest BCUT2D eigenvalue weighted by Gasteiger charge is -2.18. The number of benzene rings is 2. The molecule has 0 aromatic heterocycles. The Morgan fingerprint density at radius 2 is 1.43 bits per heavy atom. The van der Waals surface area contributed by atoms with Gasteiger partial charge in [-0.05, 0) is 61.2 Å². The first kappa shape index (κ1) is 15.5. The fraction of sp³-hybridized carbons (Fsp3) is 0.333. The van der Waals surface area contributed by atoms with Gasteiger partial charge >= 0.3 is 0 Å². The van der Waals surface area contributed by atoms with Crippen LogP contribution in [0, 0.1) is 5.92 Å². The van der Waals surface area contributed by atoms with Gasteiger partial charge in [-0.25, -0.2) is 0 Å². The summed E-state index contributed by atoms with van der Waals surface area (Å²) in [6.45, 7) is 3.51. The van der Waals surface area contributed by atoms with Crippen LogP contribution in [0.5, 0.6) is 11.5 Å². The summed E-state index contributed by atoms with van der Waals surface area (Å²) in [6.07, 6.45) is 1.02. The van der Waals surface area contributed by atoms with Crippen LogP contribution in [0.3, 0.4) is 0 Å². The average molecular weight is 284 g/mol. The summed E-state index contributed by atoms with van der Waals surface area (Å²) in [7, 11) is 0. The van der Waals surface area contributed by atoms with E-state index in [4.69, 9.17) is 16.2 Å². The summed E-state index contributed by atoms with van der Waals surface area (Å²) >= 11 is 0. The van der Waals surface area contributed by atoms with E-state index >= 15 is 0 Å². The number of nitrogens with two attached hydrogens (primary N) is 2. The summed E-state index contributed by atoms with van der Waals surface area (Å²) in [4.78, 5) is 0. The Balaban J connectivity index is 1.98. The summed E-state index contributed by atoms with van der Waals surface area (Å²) in [5.41, 5.74) is 12.7. The molecule has 0 fully saturated rings.